The molecule has 133 heavy (non-hydrogen) atoms. The van der Waals surface area contributed by atoms with Crippen LogP contribution < -0.4 is 63.7 Å². The standard InChI is InChI=1S/2C44H32P2.C8H12.4C4H10.2C2H3F3O2.3Ru/c2*1-5-19-35(20-6-1)45(36-21-7-2-8-22-36)41-31-29-33-17-13-15-27-39(33)43(41)44-40-28-16-14-18-34(40)30-32-42(44)46(37-23-9-3-10-24-37)38-25-11-4-12-26-38;1-2-4-6-8-7-5-3-1;4*1-4(2)3;2*3-2(4,5)1(6)7;;;/h2*1-32H;1-2,7-8H,3-6H2;4*4H,1-3H3;2*1,6-7H;;;/p+4/b;;2-1-,8-7?;;;;;;;;;. The molecule has 0 bridgehead atoms. The quantitative estimate of drug-likeness (QED) is 0.0288. The summed E-state index contributed by atoms with van der Waals surface area (Å²) >= 11 is 0. The van der Waals surface area contributed by atoms with Gasteiger partial charge in [-0.1, -0.05) is 374 Å². The Kier molecular flexibility index (Phi) is 49.6. The number of allylic oxidation sites excluding steroid dienone is 4. The van der Waals surface area contributed by atoms with E-state index in [0.717, 1.165) is 23.7 Å². The van der Waals surface area contributed by atoms with Crippen LogP contribution in [0, 0.1) is 23.7 Å². The van der Waals surface area contributed by atoms with Gasteiger partial charge in [0, 0.05) is 80.7 Å². The minimum absolute atomic E-state index is 0. The first kappa shape index (κ1) is 113. The number of aliphatic hydroxyl groups is 4. The molecule has 4 N–H and O–H groups in total. The van der Waals surface area contributed by atoms with E-state index in [4.69, 9.17) is 20.4 Å². The number of hydrogen-bond donors (Lipinski definition) is 4. The van der Waals surface area contributed by atoms with Crippen molar-refractivity contribution in [3.63, 3.8) is 0 Å². The van der Waals surface area contributed by atoms with Gasteiger partial charge in [-0.25, -0.2) is 0 Å². The molecule has 0 aromatic heterocycles. The van der Waals surface area contributed by atoms with Crippen molar-refractivity contribution in [3.05, 3.63) is 413 Å². The number of hydrogen-bond acceptors (Lipinski definition) is 4. The number of alkyl halides is 6. The van der Waals surface area contributed by atoms with Crippen molar-refractivity contribution >= 4 is 138 Å². The van der Waals surface area contributed by atoms with Crippen molar-refractivity contribution in [2.24, 2.45) is 23.7 Å². The van der Waals surface area contributed by atoms with Crippen LogP contribution in [-0.4, -0.2) is 45.4 Å². The Morgan fingerprint density at radius 3 is 0.444 bits per heavy atom. The second-order valence-electron chi connectivity index (χ2n) is 34.1. The van der Waals surface area contributed by atoms with Crippen LogP contribution in [0.3, 0.4) is 0 Å². The van der Waals surface area contributed by atoms with Crippen molar-refractivity contribution in [2.75, 3.05) is 0 Å². The third-order valence-electron chi connectivity index (χ3n) is 19.7. The Morgan fingerprint density at radius 1 is 0.195 bits per heavy atom. The van der Waals surface area contributed by atoms with Gasteiger partial charge in [-0.3, -0.25) is 0 Å². The van der Waals surface area contributed by atoms with E-state index in [2.05, 4.69) is 496 Å². The maximum absolute atomic E-state index is 10.7. The van der Waals surface area contributed by atoms with Gasteiger partial charge in [0.15, 0.2) is 0 Å². The molecule has 16 aromatic rings. The molecule has 0 fully saturated rings. The summed E-state index contributed by atoms with van der Waals surface area (Å²) < 4.78 is 64.1. The molecule has 17 rings (SSSR count). The van der Waals surface area contributed by atoms with E-state index >= 15 is 0 Å². The summed E-state index contributed by atoms with van der Waals surface area (Å²) in [5.74, 6) is 3.33. The van der Waals surface area contributed by atoms with Gasteiger partial charge in [0.1, 0.15) is 63.7 Å². The maximum Gasteiger partial charge on any atom is 0.439 e. The maximum atomic E-state index is 10.7. The van der Waals surface area contributed by atoms with E-state index in [-0.39, 0.29) is 58.4 Å². The fraction of sp³-hybridized carbons (Fsp3) is 0.207. The van der Waals surface area contributed by atoms with Gasteiger partial charge < -0.3 is 20.4 Å². The smallest absolute Gasteiger partial charge is 0.361 e. The van der Waals surface area contributed by atoms with Crippen molar-refractivity contribution in [1.82, 2.24) is 0 Å². The SMILES string of the molecule is C1=CCC/C=C\CC1.CC(C)C.CC(C)C.CC(C)C.CC(C)C.OC(O)C(F)(F)F.OC(O)C(F)(F)F.[Ru].[Ru].[Ru].c1ccc([PH+](c2ccccc2)c2ccc3ccccc3c2-c2c([PH+](c3ccccc3)c3ccccc3)ccc3ccccc23)cc1.c1ccc([PH+](c2ccccc2)c2ccc3ccccc3c2-c2c([PH+](c3ccccc3)c3ccccc3)ccc3ccccc23)cc1. The molecule has 1 aliphatic rings. The number of aliphatic hydroxyl groups excluding tert-OH is 2. The third kappa shape index (κ3) is 35.0. The van der Waals surface area contributed by atoms with E-state index in [1.807, 2.05) is 0 Å². The van der Waals surface area contributed by atoms with Crippen LogP contribution in [0.2, 0.25) is 0 Å². The number of fused-ring (bicyclic) bond motifs is 4. The van der Waals surface area contributed by atoms with Crippen LogP contribution in [0.5, 0.6) is 0 Å². The summed E-state index contributed by atoms with van der Waals surface area (Å²) in [6, 6.07) is 144. The molecule has 4 nitrogen and oxygen atoms in total. The van der Waals surface area contributed by atoms with Crippen LogP contribution in [0.15, 0.2) is 413 Å². The summed E-state index contributed by atoms with van der Waals surface area (Å²) in [5, 5.41) is 56.5. The molecule has 0 saturated carbocycles. The van der Waals surface area contributed by atoms with E-state index in [1.165, 1.54) is 155 Å². The van der Waals surface area contributed by atoms with E-state index in [0.29, 0.717) is 0 Å². The van der Waals surface area contributed by atoms with Crippen molar-refractivity contribution in [1.29, 1.82) is 0 Å². The van der Waals surface area contributed by atoms with Crippen LogP contribution in [0.25, 0.3) is 65.3 Å². The fourth-order valence-corrected chi connectivity index (χ4v) is 25.7. The molecule has 0 spiro atoms. The molecule has 696 valence electrons. The number of rotatable bonds is 14. The molecule has 0 unspecified atom stereocenters. The molecule has 0 amide bonds. The average Bonchev–Trinajstić information content (AvgIpc) is 0.735. The molecular formula is C116H126F6O4P4Ru3+4. The largest absolute Gasteiger partial charge is 0.439 e. The topological polar surface area (TPSA) is 80.9 Å². The zero-order valence-corrected chi connectivity index (χ0v) is 86.9. The zero-order valence-electron chi connectivity index (χ0n) is 77.7. The van der Waals surface area contributed by atoms with E-state index in [1.54, 1.807) is 0 Å². The predicted octanol–water partition coefficient (Wildman–Crippen LogP) is 26.3. The summed E-state index contributed by atoms with van der Waals surface area (Å²) in [7, 11) is -5.48. The molecule has 17 heteroatoms. The molecule has 0 saturated heterocycles. The molecule has 1 aliphatic carbocycles. The third-order valence-corrected chi connectivity index (χ3v) is 30.8. The Bertz CT molecular complexity index is 5170. The zero-order chi connectivity index (χ0) is 93.5. The van der Waals surface area contributed by atoms with Gasteiger partial charge in [0.25, 0.3) is 12.6 Å². The number of benzene rings is 16. The Balaban J connectivity index is 0.000000290. The van der Waals surface area contributed by atoms with Gasteiger partial charge in [0.2, 0.25) is 0 Å². The van der Waals surface area contributed by atoms with Gasteiger partial charge in [0.05, 0.1) is 31.7 Å². The van der Waals surface area contributed by atoms with Crippen molar-refractivity contribution in [2.45, 2.75) is 134 Å². The molecule has 16 aromatic carbocycles. The summed E-state index contributed by atoms with van der Waals surface area (Å²) in [5.41, 5.74) is 5.50. The van der Waals surface area contributed by atoms with E-state index in [9.17, 15) is 26.3 Å². The molecule has 0 heterocycles. The Labute approximate surface area is 828 Å². The summed E-state index contributed by atoms with van der Waals surface area (Å²) in [6.45, 7) is 26.0. The Hall–Kier alpha value is -8.95. The Morgan fingerprint density at radius 2 is 0.316 bits per heavy atom. The molecular weight excluding hydrogens is 2000 g/mol. The number of halogens is 6. The first-order valence-corrected chi connectivity index (χ1v) is 50.7. The monoisotopic (exact) mass is 2130 g/mol. The first-order chi connectivity index (χ1) is 62.5. The van der Waals surface area contributed by atoms with Crippen LogP contribution in [0.4, 0.5) is 26.3 Å². The fourth-order valence-electron chi connectivity index (χ4n) is 14.6. The van der Waals surface area contributed by atoms with Gasteiger partial charge in [-0.05, 0) is 214 Å². The van der Waals surface area contributed by atoms with Gasteiger partial charge in [-0.15, -0.1) is 0 Å². The van der Waals surface area contributed by atoms with Gasteiger partial charge >= 0.3 is 12.4 Å². The normalized spacial score (nSPS) is 11.8. The van der Waals surface area contributed by atoms with E-state index < -0.39 is 56.6 Å². The first-order valence-electron chi connectivity index (χ1n) is 44.7. The average molecular weight is 2130 g/mol. The minimum atomic E-state index is -4.89. The van der Waals surface area contributed by atoms with Crippen LogP contribution in [-0.2, 0) is 58.4 Å². The van der Waals surface area contributed by atoms with Crippen LogP contribution in [0.1, 0.15) is 109 Å². The molecule has 0 radical (unpaired) electrons. The minimum Gasteiger partial charge on any atom is -0.361 e. The predicted molar refractivity (Wildman–Crippen MR) is 562 cm³/mol. The molecule has 0 atom stereocenters. The van der Waals surface area contributed by atoms with Crippen molar-refractivity contribution in [3.8, 4) is 22.3 Å². The van der Waals surface area contributed by atoms with Crippen molar-refractivity contribution < 1.29 is 105 Å². The second-order valence-corrected chi connectivity index (χ2v) is 43.9. The van der Waals surface area contributed by atoms with Crippen LogP contribution >= 0.6 is 31.7 Å². The second kappa shape index (κ2) is 58.5. The molecule has 0 aliphatic heterocycles. The van der Waals surface area contributed by atoms with Gasteiger partial charge in [-0.2, -0.15) is 26.3 Å². The summed E-state index contributed by atoms with van der Waals surface area (Å²) in [6.07, 6.45) is -2.18. The summed E-state index contributed by atoms with van der Waals surface area (Å²) in [4.78, 5) is 0.